The number of aromatic nitrogens is 1. The zero-order valence-corrected chi connectivity index (χ0v) is 11.7. The number of nitrogens with two attached hydrogens (primary N) is 1. The zero-order valence-electron chi connectivity index (χ0n) is 10.9. The quantitative estimate of drug-likeness (QED) is 0.507. The monoisotopic (exact) mass is 284 g/mol. The maximum absolute atomic E-state index is 10.2. The Labute approximate surface area is 121 Å². The summed E-state index contributed by atoms with van der Waals surface area (Å²) in [7, 11) is 0. The van der Waals surface area contributed by atoms with Crippen LogP contribution in [0.25, 0.3) is 10.9 Å². The number of para-hydroxylation sites is 1. The number of nitrogens with one attached hydrogen (secondary N) is 1. The Hall–Kier alpha value is -1.91. The molecule has 0 amide bonds. The molecule has 0 saturated carbocycles. The highest BCUT2D eigenvalue weighted by molar-refractivity contribution is 7.99. The number of aliphatic hydroxyl groups is 1. The van der Waals surface area contributed by atoms with Gasteiger partial charge in [-0.15, -0.1) is 11.8 Å². The molecule has 0 aliphatic carbocycles. The van der Waals surface area contributed by atoms with Gasteiger partial charge in [0.1, 0.15) is 0 Å². The van der Waals surface area contributed by atoms with Crippen LogP contribution in [0.4, 0.5) is 5.69 Å². The van der Waals surface area contributed by atoms with Crippen molar-refractivity contribution in [2.45, 2.75) is 11.1 Å². The molecule has 1 unspecified atom stereocenters. The second-order valence-electron chi connectivity index (χ2n) is 4.71. The Kier molecular flexibility index (Phi) is 3.67. The molecule has 0 fully saturated rings. The Morgan fingerprint density at radius 2 is 1.85 bits per heavy atom. The molecule has 1 aromatic heterocycles. The van der Waals surface area contributed by atoms with Crippen LogP contribution in [-0.4, -0.2) is 15.8 Å². The summed E-state index contributed by atoms with van der Waals surface area (Å²) in [4.78, 5) is 3.34. The van der Waals surface area contributed by atoms with Gasteiger partial charge in [-0.25, -0.2) is 0 Å². The normalized spacial score (nSPS) is 12.7. The van der Waals surface area contributed by atoms with Crippen molar-refractivity contribution < 1.29 is 5.11 Å². The predicted octanol–water partition coefficient (Wildman–Crippen LogP) is 3.58. The summed E-state index contributed by atoms with van der Waals surface area (Å²) in [5.41, 5.74) is 8.37. The van der Waals surface area contributed by atoms with Gasteiger partial charge in [-0.05, 0) is 29.8 Å². The lowest BCUT2D eigenvalue weighted by molar-refractivity contribution is 0.204. The van der Waals surface area contributed by atoms with Crippen LogP contribution in [0.5, 0.6) is 0 Å². The fraction of sp³-hybridized carbons (Fsp3) is 0.125. The van der Waals surface area contributed by atoms with E-state index in [0.29, 0.717) is 11.4 Å². The lowest BCUT2D eigenvalue weighted by atomic mass is 10.1. The fourth-order valence-corrected chi connectivity index (χ4v) is 3.03. The zero-order chi connectivity index (χ0) is 13.9. The summed E-state index contributed by atoms with van der Waals surface area (Å²) in [6, 6.07) is 17.6. The number of hydrogen-bond acceptors (Lipinski definition) is 3. The SMILES string of the molecule is Nc1ccc(C(O)CSc2cc3ccccc3[nH]2)cc1. The van der Waals surface area contributed by atoms with Crippen LogP contribution in [0.2, 0.25) is 0 Å². The van der Waals surface area contributed by atoms with E-state index in [9.17, 15) is 5.11 Å². The van der Waals surface area contributed by atoms with E-state index in [-0.39, 0.29) is 0 Å². The molecule has 0 spiro atoms. The van der Waals surface area contributed by atoms with Gasteiger partial charge in [-0.2, -0.15) is 0 Å². The maximum Gasteiger partial charge on any atom is 0.0884 e. The van der Waals surface area contributed by atoms with Gasteiger partial charge in [0.05, 0.1) is 11.1 Å². The first kappa shape index (κ1) is 13.1. The van der Waals surface area contributed by atoms with E-state index in [1.807, 2.05) is 36.4 Å². The first-order chi connectivity index (χ1) is 9.72. The minimum absolute atomic E-state index is 0.494. The van der Waals surface area contributed by atoms with Crippen LogP contribution >= 0.6 is 11.8 Å². The summed E-state index contributed by atoms with van der Waals surface area (Å²) in [5, 5.41) is 12.4. The van der Waals surface area contributed by atoms with Gasteiger partial charge >= 0.3 is 0 Å². The van der Waals surface area contributed by atoms with E-state index >= 15 is 0 Å². The third-order valence-corrected chi connectivity index (χ3v) is 4.24. The van der Waals surface area contributed by atoms with Gasteiger partial charge in [-0.3, -0.25) is 0 Å². The number of benzene rings is 2. The van der Waals surface area contributed by atoms with E-state index in [0.717, 1.165) is 16.1 Å². The van der Waals surface area contributed by atoms with Crippen LogP contribution < -0.4 is 5.73 Å². The molecular formula is C16H16N2OS. The number of rotatable bonds is 4. The number of fused-ring (bicyclic) bond motifs is 1. The number of aliphatic hydroxyl groups excluding tert-OH is 1. The second-order valence-corrected chi connectivity index (χ2v) is 5.78. The molecule has 1 atom stereocenters. The first-order valence-corrected chi connectivity index (χ1v) is 7.45. The van der Waals surface area contributed by atoms with Crippen LogP contribution in [0, 0.1) is 0 Å². The van der Waals surface area contributed by atoms with Gasteiger partial charge < -0.3 is 15.8 Å². The Morgan fingerprint density at radius 1 is 1.10 bits per heavy atom. The molecule has 0 aliphatic heterocycles. The fourth-order valence-electron chi connectivity index (χ4n) is 2.11. The van der Waals surface area contributed by atoms with E-state index < -0.39 is 6.10 Å². The molecule has 1 heterocycles. The molecule has 0 saturated heterocycles. The van der Waals surface area contributed by atoms with Gasteiger partial charge in [0.2, 0.25) is 0 Å². The van der Waals surface area contributed by atoms with E-state index in [1.165, 1.54) is 5.39 Å². The summed E-state index contributed by atoms with van der Waals surface area (Å²) < 4.78 is 0. The molecular weight excluding hydrogens is 268 g/mol. The number of thioether (sulfide) groups is 1. The highest BCUT2D eigenvalue weighted by Gasteiger charge is 2.09. The lowest BCUT2D eigenvalue weighted by Crippen LogP contribution is -2.00. The molecule has 0 aliphatic rings. The third kappa shape index (κ3) is 2.81. The molecule has 4 N–H and O–H groups in total. The summed E-state index contributed by atoms with van der Waals surface area (Å²) in [6.45, 7) is 0. The molecule has 0 radical (unpaired) electrons. The Balaban J connectivity index is 1.68. The van der Waals surface area contributed by atoms with Crippen molar-refractivity contribution in [2.24, 2.45) is 0 Å². The largest absolute Gasteiger partial charge is 0.399 e. The first-order valence-electron chi connectivity index (χ1n) is 6.46. The lowest BCUT2D eigenvalue weighted by Gasteiger charge is -2.10. The highest BCUT2D eigenvalue weighted by Crippen LogP contribution is 2.27. The molecule has 0 bridgehead atoms. The smallest absolute Gasteiger partial charge is 0.0884 e. The molecule has 4 heteroatoms. The topological polar surface area (TPSA) is 62.0 Å². The van der Waals surface area contributed by atoms with Crippen molar-refractivity contribution in [3.8, 4) is 0 Å². The number of H-pyrrole nitrogens is 1. The van der Waals surface area contributed by atoms with Crippen LogP contribution in [0.3, 0.4) is 0 Å². The molecule has 20 heavy (non-hydrogen) atoms. The van der Waals surface area contributed by atoms with Crippen LogP contribution in [0.1, 0.15) is 11.7 Å². The minimum Gasteiger partial charge on any atom is -0.399 e. The molecule has 3 rings (SSSR count). The number of anilines is 1. The summed E-state index contributed by atoms with van der Waals surface area (Å²) >= 11 is 1.62. The van der Waals surface area contributed by atoms with Crippen LogP contribution in [0.15, 0.2) is 59.6 Å². The minimum atomic E-state index is -0.494. The van der Waals surface area contributed by atoms with E-state index in [4.69, 9.17) is 5.73 Å². The average molecular weight is 284 g/mol. The molecule has 102 valence electrons. The van der Waals surface area contributed by atoms with Gasteiger partial charge in [0, 0.05) is 22.3 Å². The molecule has 3 nitrogen and oxygen atoms in total. The van der Waals surface area contributed by atoms with Crippen molar-refractivity contribution in [3.05, 3.63) is 60.2 Å². The summed E-state index contributed by atoms with van der Waals surface area (Å²) in [6.07, 6.45) is -0.494. The van der Waals surface area contributed by atoms with Gasteiger partial charge in [-0.1, -0.05) is 30.3 Å². The van der Waals surface area contributed by atoms with Gasteiger partial charge in [0.15, 0.2) is 0 Å². The third-order valence-electron chi connectivity index (χ3n) is 3.22. The van der Waals surface area contributed by atoms with Crippen molar-refractivity contribution >= 4 is 28.4 Å². The van der Waals surface area contributed by atoms with E-state index in [2.05, 4.69) is 23.2 Å². The van der Waals surface area contributed by atoms with Crippen molar-refractivity contribution in [3.63, 3.8) is 0 Å². The summed E-state index contributed by atoms with van der Waals surface area (Å²) in [5.74, 6) is 0.608. The predicted molar refractivity (Wildman–Crippen MR) is 84.8 cm³/mol. The van der Waals surface area contributed by atoms with E-state index in [1.54, 1.807) is 11.8 Å². The number of nitrogen functional groups attached to an aromatic ring is 1. The van der Waals surface area contributed by atoms with Gasteiger partial charge in [0.25, 0.3) is 0 Å². The number of aromatic amines is 1. The standard InChI is InChI=1S/C16H16N2OS/c17-13-7-5-11(6-8-13)15(19)10-20-16-9-12-3-1-2-4-14(12)18-16/h1-9,15,18-19H,10,17H2. The number of hydrogen-bond donors (Lipinski definition) is 3. The Morgan fingerprint density at radius 3 is 2.60 bits per heavy atom. The highest BCUT2D eigenvalue weighted by atomic mass is 32.2. The maximum atomic E-state index is 10.2. The van der Waals surface area contributed by atoms with Crippen molar-refractivity contribution in [1.82, 2.24) is 4.98 Å². The average Bonchev–Trinajstić information content (AvgIpc) is 2.88. The van der Waals surface area contributed by atoms with Crippen molar-refractivity contribution in [1.29, 1.82) is 0 Å². The molecule has 2 aromatic carbocycles. The second kappa shape index (κ2) is 5.61. The molecule has 3 aromatic rings. The van der Waals surface area contributed by atoms with Crippen LogP contribution in [-0.2, 0) is 0 Å². The van der Waals surface area contributed by atoms with Crippen molar-refractivity contribution in [2.75, 3.05) is 11.5 Å². The Bertz CT molecular complexity index is 673.